The van der Waals surface area contributed by atoms with E-state index in [1.54, 1.807) is 0 Å². The van der Waals surface area contributed by atoms with Gasteiger partial charge in [-0.15, -0.1) is 0 Å². The number of rotatable bonds is 6. The van der Waals surface area contributed by atoms with Gasteiger partial charge in [0.1, 0.15) is 0 Å². The van der Waals surface area contributed by atoms with Crippen molar-refractivity contribution in [2.24, 2.45) is 11.8 Å². The second kappa shape index (κ2) is 7.91. The van der Waals surface area contributed by atoms with Crippen LogP contribution in [0.15, 0.2) is 0 Å². The van der Waals surface area contributed by atoms with Gasteiger partial charge in [0.2, 0.25) is 0 Å². The highest BCUT2D eigenvalue weighted by Crippen LogP contribution is 2.12. The first-order valence-corrected chi connectivity index (χ1v) is 6.46. The van der Waals surface area contributed by atoms with E-state index in [9.17, 15) is 0 Å². The molecule has 0 saturated heterocycles. The summed E-state index contributed by atoms with van der Waals surface area (Å²) in [4.78, 5) is 0. The van der Waals surface area contributed by atoms with Crippen molar-refractivity contribution < 1.29 is 0 Å². The molecule has 0 heterocycles. The summed E-state index contributed by atoms with van der Waals surface area (Å²) in [6, 6.07) is 0.465. The molecule has 0 aromatic carbocycles. The Kier molecular flexibility index (Phi) is 7.75. The third kappa shape index (κ3) is 6.72. The van der Waals surface area contributed by atoms with Gasteiger partial charge >= 0.3 is 0 Å². The van der Waals surface area contributed by atoms with Crippen molar-refractivity contribution in [2.45, 2.75) is 53.5 Å². The van der Waals surface area contributed by atoms with Crippen LogP contribution in [0.25, 0.3) is 0 Å². The van der Waals surface area contributed by atoms with Crippen LogP contribution >= 0.6 is 12.2 Å². The van der Waals surface area contributed by atoms with Crippen molar-refractivity contribution in [2.75, 3.05) is 6.54 Å². The van der Waals surface area contributed by atoms with Crippen LogP contribution in [0, 0.1) is 11.8 Å². The molecule has 0 aromatic heterocycles. The van der Waals surface area contributed by atoms with Crippen molar-refractivity contribution in [3.63, 3.8) is 0 Å². The van der Waals surface area contributed by atoms with Gasteiger partial charge in [0.25, 0.3) is 0 Å². The first-order valence-electron chi connectivity index (χ1n) is 6.05. The predicted molar refractivity (Wildman–Crippen MR) is 72.1 cm³/mol. The lowest BCUT2D eigenvalue weighted by Crippen LogP contribution is -2.44. The molecule has 0 fully saturated rings. The molecule has 1 unspecified atom stereocenters. The Hall–Kier alpha value is -0.310. The average molecular weight is 230 g/mol. The summed E-state index contributed by atoms with van der Waals surface area (Å²) >= 11 is 5.24. The van der Waals surface area contributed by atoms with Crippen molar-refractivity contribution >= 4 is 17.3 Å². The normalized spacial score (nSPS) is 13.0. The molecular formula is C12H26N2S. The molecule has 15 heavy (non-hydrogen) atoms. The molecule has 90 valence electrons. The lowest BCUT2D eigenvalue weighted by atomic mass is 9.96. The van der Waals surface area contributed by atoms with Crippen molar-refractivity contribution in [3.05, 3.63) is 0 Å². The molecule has 0 aliphatic rings. The fraction of sp³-hybridized carbons (Fsp3) is 0.917. The zero-order chi connectivity index (χ0) is 11.8. The smallest absolute Gasteiger partial charge is 0.166 e. The van der Waals surface area contributed by atoms with Gasteiger partial charge in [0.05, 0.1) is 0 Å². The van der Waals surface area contributed by atoms with E-state index in [1.807, 2.05) is 0 Å². The van der Waals surface area contributed by atoms with Crippen molar-refractivity contribution in [1.29, 1.82) is 0 Å². The lowest BCUT2D eigenvalue weighted by molar-refractivity contribution is 0.389. The number of nitrogens with one attached hydrogen (secondary N) is 2. The topological polar surface area (TPSA) is 24.1 Å². The van der Waals surface area contributed by atoms with E-state index in [2.05, 4.69) is 45.3 Å². The van der Waals surface area contributed by atoms with Crippen molar-refractivity contribution in [3.8, 4) is 0 Å². The molecule has 0 spiro atoms. The fourth-order valence-electron chi connectivity index (χ4n) is 1.67. The molecule has 0 amide bonds. The molecule has 0 rings (SSSR count). The highest BCUT2D eigenvalue weighted by molar-refractivity contribution is 7.80. The minimum absolute atomic E-state index is 0.465. The van der Waals surface area contributed by atoms with Crippen molar-refractivity contribution in [1.82, 2.24) is 10.6 Å². The highest BCUT2D eigenvalue weighted by Gasteiger charge is 2.13. The lowest BCUT2D eigenvalue weighted by Gasteiger charge is -2.24. The van der Waals surface area contributed by atoms with E-state index in [0.29, 0.717) is 17.9 Å². The van der Waals surface area contributed by atoms with Gasteiger partial charge in [-0.2, -0.15) is 0 Å². The third-order valence-electron chi connectivity index (χ3n) is 2.79. The summed E-state index contributed by atoms with van der Waals surface area (Å²) in [5.41, 5.74) is 0. The molecule has 1 atom stereocenters. The molecule has 0 aliphatic carbocycles. The van der Waals surface area contributed by atoms with Gasteiger partial charge in [-0.05, 0) is 31.0 Å². The molecule has 2 N–H and O–H groups in total. The maximum absolute atomic E-state index is 5.24. The Labute approximate surface area is 100 Å². The monoisotopic (exact) mass is 230 g/mol. The van der Waals surface area contributed by atoms with E-state index < -0.39 is 0 Å². The minimum atomic E-state index is 0.465. The molecule has 0 aromatic rings. The van der Waals surface area contributed by atoms with Gasteiger partial charge in [-0.3, -0.25) is 0 Å². The first kappa shape index (κ1) is 14.7. The summed E-state index contributed by atoms with van der Waals surface area (Å²) in [6.45, 7) is 12.0. The standard InChI is InChI=1S/C12H26N2S/c1-6-11(7-2)10(5)14-12(15)13-8-9(3)4/h9-11H,6-8H2,1-5H3,(H2,13,14,15). The Morgan fingerprint density at radius 3 is 2.07 bits per heavy atom. The summed E-state index contributed by atoms with van der Waals surface area (Å²) < 4.78 is 0. The van der Waals surface area contributed by atoms with Crippen LogP contribution in [0.4, 0.5) is 0 Å². The highest BCUT2D eigenvalue weighted by atomic mass is 32.1. The van der Waals surface area contributed by atoms with Crippen LogP contribution in [0.2, 0.25) is 0 Å². The summed E-state index contributed by atoms with van der Waals surface area (Å²) in [6.07, 6.45) is 2.41. The SMILES string of the molecule is CCC(CC)C(C)NC(=S)NCC(C)C. The zero-order valence-electron chi connectivity index (χ0n) is 10.8. The Morgan fingerprint density at radius 1 is 1.13 bits per heavy atom. The maximum atomic E-state index is 5.24. The van der Waals surface area contributed by atoms with Gasteiger partial charge in [-0.25, -0.2) is 0 Å². The Morgan fingerprint density at radius 2 is 1.67 bits per heavy atom. The Balaban J connectivity index is 3.84. The summed E-state index contributed by atoms with van der Waals surface area (Å²) in [5, 5.41) is 7.39. The molecule has 2 nitrogen and oxygen atoms in total. The first-order chi connectivity index (χ1) is 7.01. The number of thiocarbonyl (C=S) groups is 1. The molecule has 0 bridgehead atoms. The number of hydrogen-bond donors (Lipinski definition) is 2. The zero-order valence-corrected chi connectivity index (χ0v) is 11.6. The molecule has 0 radical (unpaired) electrons. The Bertz CT molecular complexity index is 176. The predicted octanol–water partition coefficient (Wildman–Crippen LogP) is 2.93. The van der Waals surface area contributed by atoms with E-state index in [0.717, 1.165) is 11.7 Å². The van der Waals surface area contributed by atoms with Crippen LogP contribution < -0.4 is 10.6 Å². The van der Waals surface area contributed by atoms with Gasteiger partial charge in [0.15, 0.2) is 5.11 Å². The molecule has 0 aliphatic heterocycles. The molecular weight excluding hydrogens is 204 g/mol. The third-order valence-corrected chi connectivity index (χ3v) is 3.05. The largest absolute Gasteiger partial charge is 0.362 e. The van der Waals surface area contributed by atoms with Gasteiger partial charge < -0.3 is 10.6 Å². The van der Waals surface area contributed by atoms with Crippen LogP contribution in [0.1, 0.15) is 47.5 Å². The summed E-state index contributed by atoms with van der Waals surface area (Å²) in [5.74, 6) is 1.34. The van der Waals surface area contributed by atoms with Crippen LogP contribution in [0.3, 0.4) is 0 Å². The summed E-state index contributed by atoms with van der Waals surface area (Å²) in [7, 11) is 0. The number of hydrogen-bond acceptors (Lipinski definition) is 1. The van der Waals surface area contributed by atoms with Crippen LogP contribution in [0.5, 0.6) is 0 Å². The van der Waals surface area contributed by atoms with Crippen LogP contribution in [-0.4, -0.2) is 17.7 Å². The quantitative estimate of drug-likeness (QED) is 0.686. The van der Waals surface area contributed by atoms with Gasteiger partial charge in [0, 0.05) is 12.6 Å². The van der Waals surface area contributed by atoms with Gasteiger partial charge in [-0.1, -0.05) is 40.5 Å². The van der Waals surface area contributed by atoms with E-state index in [4.69, 9.17) is 12.2 Å². The minimum Gasteiger partial charge on any atom is -0.362 e. The van der Waals surface area contributed by atoms with E-state index >= 15 is 0 Å². The molecule has 3 heteroatoms. The second-order valence-electron chi connectivity index (χ2n) is 4.61. The average Bonchev–Trinajstić information content (AvgIpc) is 2.16. The van der Waals surface area contributed by atoms with Crippen LogP contribution in [-0.2, 0) is 0 Å². The maximum Gasteiger partial charge on any atom is 0.166 e. The van der Waals surface area contributed by atoms with E-state index in [1.165, 1.54) is 12.8 Å². The molecule has 0 saturated carbocycles. The van der Waals surface area contributed by atoms with E-state index in [-0.39, 0.29) is 0 Å². The second-order valence-corrected chi connectivity index (χ2v) is 5.02. The fourth-order valence-corrected chi connectivity index (χ4v) is 1.94.